The number of hydrogen-bond donors (Lipinski definition) is 1. The molecule has 0 saturated heterocycles. The van der Waals surface area contributed by atoms with E-state index in [0.29, 0.717) is 0 Å². The van der Waals surface area contributed by atoms with Crippen LogP contribution in [-0.4, -0.2) is 16.9 Å². The maximum atomic E-state index is 11.7. The van der Waals surface area contributed by atoms with Crippen LogP contribution in [0.2, 0.25) is 0 Å². The van der Waals surface area contributed by atoms with Crippen LogP contribution >= 0.6 is 0 Å². The number of carboxylic acid groups (broad SMARTS) is 1. The number of ketones is 1. The van der Waals surface area contributed by atoms with Gasteiger partial charge in [-0.1, -0.05) is 70.4 Å². The summed E-state index contributed by atoms with van der Waals surface area (Å²) in [6.07, 6.45) is 18.0. The molecule has 0 amide bonds. The fraction of sp³-hybridized carbons (Fsp3) is 0.800. The average Bonchev–Trinajstić information content (AvgIpc) is 2.50. The smallest absolute Gasteiger partial charge is 0.303 e. The molecule has 0 radical (unpaired) electrons. The van der Waals surface area contributed by atoms with Crippen LogP contribution in [0.15, 0.2) is 12.2 Å². The van der Waals surface area contributed by atoms with E-state index in [2.05, 4.69) is 19.1 Å². The number of rotatable bonds is 16. The minimum absolute atomic E-state index is 0.0909. The number of carbonyl (C=O) groups excluding carboxylic acids is 1. The van der Waals surface area contributed by atoms with Gasteiger partial charge in [0.2, 0.25) is 0 Å². The fourth-order valence-corrected chi connectivity index (χ4v) is 2.73. The van der Waals surface area contributed by atoms with Crippen LogP contribution < -0.4 is 0 Å². The summed E-state index contributed by atoms with van der Waals surface area (Å²) in [5.41, 5.74) is 0. The van der Waals surface area contributed by atoms with Crippen molar-refractivity contribution in [2.45, 2.75) is 97.3 Å². The summed E-state index contributed by atoms with van der Waals surface area (Å²) in [5.74, 6) is -0.339. The first-order chi connectivity index (χ1) is 11.1. The van der Waals surface area contributed by atoms with Gasteiger partial charge in [-0.3, -0.25) is 9.59 Å². The first kappa shape index (κ1) is 21.9. The summed E-state index contributed by atoms with van der Waals surface area (Å²) in [5, 5.41) is 8.56. The highest BCUT2D eigenvalue weighted by Crippen LogP contribution is 2.15. The van der Waals surface area contributed by atoms with Gasteiger partial charge in [0.05, 0.1) is 0 Å². The van der Waals surface area contributed by atoms with Crippen LogP contribution in [0.4, 0.5) is 0 Å². The molecule has 0 aromatic rings. The molecule has 0 saturated carbocycles. The maximum Gasteiger partial charge on any atom is 0.303 e. The Hall–Kier alpha value is -1.12. The Morgan fingerprint density at radius 2 is 1.52 bits per heavy atom. The van der Waals surface area contributed by atoms with Crippen LogP contribution in [0.3, 0.4) is 0 Å². The lowest BCUT2D eigenvalue weighted by atomic mass is 9.96. The normalized spacial score (nSPS) is 12.6. The molecule has 0 aliphatic heterocycles. The van der Waals surface area contributed by atoms with Gasteiger partial charge in [0.1, 0.15) is 5.78 Å². The predicted octanol–water partition coefficient (Wildman–Crippen LogP) is 5.92. The van der Waals surface area contributed by atoms with E-state index in [0.717, 1.165) is 44.9 Å². The molecule has 134 valence electrons. The molecular formula is C20H36O3. The highest BCUT2D eigenvalue weighted by atomic mass is 16.4. The maximum absolute atomic E-state index is 11.7. The third-order valence-corrected chi connectivity index (χ3v) is 4.27. The van der Waals surface area contributed by atoms with Gasteiger partial charge in [-0.05, 0) is 32.6 Å². The molecule has 1 unspecified atom stereocenters. The summed E-state index contributed by atoms with van der Waals surface area (Å²) in [7, 11) is 0. The van der Waals surface area contributed by atoms with Crippen molar-refractivity contribution in [3.8, 4) is 0 Å². The van der Waals surface area contributed by atoms with E-state index in [4.69, 9.17) is 5.11 Å². The lowest BCUT2D eigenvalue weighted by Crippen LogP contribution is -2.07. The molecule has 0 bridgehead atoms. The Kier molecular flexibility index (Phi) is 15.0. The SMILES string of the molecule is CCCCCCCCC(C=CCCCCCCC(=O)O)C(C)=O. The van der Waals surface area contributed by atoms with Gasteiger partial charge in [-0.15, -0.1) is 0 Å². The Labute approximate surface area is 142 Å². The van der Waals surface area contributed by atoms with Crippen molar-refractivity contribution >= 4 is 11.8 Å². The largest absolute Gasteiger partial charge is 0.481 e. The molecule has 1 atom stereocenters. The molecule has 3 heteroatoms. The second-order valence-corrected chi connectivity index (χ2v) is 6.55. The average molecular weight is 325 g/mol. The summed E-state index contributed by atoms with van der Waals surface area (Å²) in [6.45, 7) is 3.92. The molecule has 23 heavy (non-hydrogen) atoms. The van der Waals surface area contributed by atoms with Crippen LogP contribution in [0.25, 0.3) is 0 Å². The number of carboxylic acids is 1. The van der Waals surface area contributed by atoms with Crippen molar-refractivity contribution in [1.82, 2.24) is 0 Å². The third kappa shape index (κ3) is 15.5. The van der Waals surface area contributed by atoms with E-state index < -0.39 is 5.97 Å². The molecule has 0 aliphatic rings. The summed E-state index contributed by atoms with van der Waals surface area (Å²) in [4.78, 5) is 22.1. The van der Waals surface area contributed by atoms with Crippen LogP contribution in [0, 0.1) is 5.92 Å². The second kappa shape index (κ2) is 15.8. The molecule has 0 aromatic carbocycles. The highest BCUT2D eigenvalue weighted by Gasteiger charge is 2.09. The van der Waals surface area contributed by atoms with E-state index >= 15 is 0 Å². The summed E-state index contributed by atoms with van der Waals surface area (Å²) in [6, 6.07) is 0. The third-order valence-electron chi connectivity index (χ3n) is 4.27. The number of Topliss-reactive ketones (excluding diaryl/α,β-unsaturated/α-hetero) is 1. The predicted molar refractivity (Wildman–Crippen MR) is 96.6 cm³/mol. The van der Waals surface area contributed by atoms with E-state index in [1.807, 2.05) is 0 Å². The highest BCUT2D eigenvalue weighted by molar-refractivity contribution is 5.79. The molecule has 0 aromatic heterocycles. The van der Waals surface area contributed by atoms with E-state index in [1.165, 1.54) is 32.1 Å². The number of hydrogen-bond acceptors (Lipinski definition) is 2. The zero-order chi connectivity index (χ0) is 17.3. The number of carbonyl (C=O) groups is 2. The summed E-state index contributed by atoms with van der Waals surface area (Å²) < 4.78 is 0. The van der Waals surface area contributed by atoms with Crippen molar-refractivity contribution in [2.75, 3.05) is 0 Å². The second-order valence-electron chi connectivity index (χ2n) is 6.55. The standard InChI is InChI=1S/C20H36O3/c1-3-4-5-6-9-12-15-19(18(2)21)16-13-10-7-8-11-14-17-20(22)23/h13,16,19H,3-12,14-15,17H2,1-2H3,(H,22,23). The molecule has 0 spiro atoms. The topological polar surface area (TPSA) is 54.4 Å². The molecule has 0 fully saturated rings. The van der Waals surface area contributed by atoms with Gasteiger partial charge >= 0.3 is 5.97 Å². The zero-order valence-corrected chi connectivity index (χ0v) is 15.2. The van der Waals surface area contributed by atoms with Crippen molar-refractivity contribution < 1.29 is 14.7 Å². The Morgan fingerprint density at radius 3 is 2.17 bits per heavy atom. The van der Waals surface area contributed by atoms with Gasteiger partial charge in [0.25, 0.3) is 0 Å². The van der Waals surface area contributed by atoms with Crippen LogP contribution in [0.1, 0.15) is 97.3 Å². The van der Waals surface area contributed by atoms with Crippen molar-refractivity contribution in [1.29, 1.82) is 0 Å². The number of allylic oxidation sites excluding steroid dienone is 2. The van der Waals surface area contributed by atoms with Crippen molar-refractivity contribution in [3.63, 3.8) is 0 Å². The first-order valence-corrected chi connectivity index (χ1v) is 9.46. The van der Waals surface area contributed by atoms with Crippen molar-refractivity contribution in [3.05, 3.63) is 12.2 Å². The van der Waals surface area contributed by atoms with Crippen LogP contribution in [0.5, 0.6) is 0 Å². The van der Waals surface area contributed by atoms with Gasteiger partial charge in [-0.25, -0.2) is 0 Å². The molecule has 0 rings (SSSR count). The molecule has 0 heterocycles. The number of aliphatic carboxylic acids is 1. The molecular weight excluding hydrogens is 288 g/mol. The first-order valence-electron chi connectivity index (χ1n) is 9.46. The van der Waals surface area contributed by atoms with Gasteiger partial charge in [0, 0.05) is 12.3 Å². The van der Waals surface area contributed by atoms with Crippen LogP contribution in [-0.2, 0) is 9.59 Å². The van der Waals surface area contributed by atoms with Crippen molar-refractivity contribution in [2.24, 2.45) is 5.92 Å². The van der Waals surface area contributed by atoms with Gasteiger partial charge in [0.15, 0.2) is 0 Å². The number of unbranched alkanes of at least 4 members (excludes halogenated alkanes) is 9. The molecule has 3 nitrogen and oxygen atoms in total. The van der Waals surface area contributed by atoms with Gasteiger partial charge in [-0.2, -0.15) is 0 Å². The van der Waals surface area contributed by atoms with E-state index in [-0.39, 0.29) is 18.1 Å². The fourth-order valence-electron chi connectivity index (χ4n) is 2.73. The Bertz CT molecular complexity index is 334. The minimum Gasteiger partial charge on any atom is -0.481 e. The Morgan fingerprint density at radius 1 is 0.913 bits per heavy atom. The Balaban J connectivity index is 3.69. The monoisotopic (exact) mass is 324 g/mol. The quantitative estimate of drug-likeness (QED) is 0.283. The molecule has 1 N–H and O–H groups in total. The summed E-state index contributed by atoms with van der Waals surface area (Å²) >= 11 is 0. The van der Waals surface area contributed by atoms with Gasteiger partial charge < -0.3 is 5.11 Å². The zero-order valence-electron chi connectivity index (χ0n) is 15.2. The molecule has 0 aliphatic carbocycles. The minimum atomic E-state index is -0.705. The van der Waals surface area contributed by atoms with E-state index in [1.54, 1.807) is 6.92 Å². The van der Waals surface area contributed by atoms with E-state index in [9.17, 15) is 9.59 Å². The lowest BCUT2D eigenvalue weighted by molar-refractivity contribution is -0.137. The lowest BCUT2D eigenvalue weighted by Gasteiger charge is -2.09.